The molecule has 0 saturated carbocycles. The van der Waals surface area contributed by atoms with E-state index in [0.29, 0.717) is 29.3 Å². The Morgan fingerprint density at radius 1 is 1.17 bits per heavy atom. The minimum Gasteiger partial charge on any atom is -0.494 e. The Hall–Kier alpha value is -2.67. The largest absolute Gasteiger partial charge is 0.494 e. The molecule has 7 heteroatoms. The number of rotatable bonds is 8. The quantitative estimate of drug-likeness (QED) is 0.401. The molecule has 0 amide bonds. The van der Waals surface area contributed by atoms with Crippen LogP contribution >= 0.6 is 11.3 Å². The van der Waals surface area contributed by atoms with E-state index in [9.17, 15) is 9.59 Å². The highest BCUT2D eigenvalue weighted by molar-refractivity contribution is 7.19. The molecule has 0 saturated heterocycles. The lowest BCUT2D eigenvalue weighted by Gasteiger charge is -2.10. The van der Waals surface area contributed by atoms with Gasteiger partial charge in [-0.15, -0.1) is 11.3 Å². The molecule has 0 radical (unpaired) electrons. The summed E-state index contributed by atoms with van der Waals surface area (Å²) in [6, 6.07) is 7.68. The van der Waals surface area contributed by atoms with Crippen molar-refractivity contribution in [2.45, 2.75) is 47.1 Å². The normalized spacial score (nSPS) is 11.0. The molecule has 0 fully saturated rings. The van der Waals surface area contributed by atoms with Gasteiger partial charge in [0.2, 0.25) is 0 Å². The first kappa shape index (κ1) is 21.0. The molecule has 3 rings (SSSR count). The van der Waals surface area contributed by atoms with Gasteiger partial charge in [0.15, 0.2) is 0 Å². The molecule has 3 aromatic rings. The van der Waals surface area contributed by atoms with Crippen molar-refractivity contribution in [2.24, 2.45) is 0 Å². The van der Waals surface area contributed by atoms with Gasteiger partial charge in [-0.2, -0.15) is 0 Å². The third-order valence-corrected chi connectivity index (χ3v) is 5.68. The number of carbonyl (C=O) groups is 1. The number of nitrogens with zero attached hydrogens (tertiary/aromatic N) is 2. The van der Waals surface area contributed by atoms with Crippen LogP contribution in [0.5, 0.6) is 5.75 Å². The van der Waals surface area contributed by atoms with Crippen LogP contribution in [-0.4, -0.2) is 28.7 Å². The zero-order valence-electron chi connectivity index (χ0n) is 17.3. The number of unbranched alkanes of at least 4 members (excludes halogenated alkanes) is 1. The Balaban J connectivity index is 2.03. The molecule has 6 nitrogen and oxygen atoms in total. The van der Waals surface area contributed by atoms with Crippen LogP contribution in [0, 0.1) is 13.8 Å². The molecule has 0 aliphatic carbocycles. The molecule has 0 unspecified atom stereocenters. The van der Waals surface area contributed by atoms with Crippen molar-refractivity contribution in [1.29, 1.82) is 0 Å². The van der Waals surface area contributed by atoms with E-state index in [2.05, 4.69) is 4.98 Å². The average molecular weight is 415 g/mol. The van der Waals surface area contributed by atoms with Crippen LogP contribution in [0.1, 0.15) is 37.4 Å². The first-order chi connectivity index (χ1) is 14.0. The van der Waals surface area contributed by atoms with Crippen LogP contribution < -0.4 is 10.3 Å². The molecule has 0 aliphatic rings. The third kappa shape index (κ3) is 4.50. The number of hydrogen-bond acceptors (Lipinski definition) is 6. The number of benzene rings is 1. The average Bonchev–Trinajstić information content (AvgIpc) is 3.02. The summed E-state index contributed by atoms with van der Waals surface area (Å²) < 4.78 is 12.1. The summed E-state index contributed by atoms with van der Waals surface area (Å²) in [4.78, 5) is 31.7. The number of hydrogen-bond donors (Lipinski definition) is 0. The minimum atomic E-state index is -0.417. The lowest BCUT2D eigenvalue weighted by molar-refractivity contribution is -0.144. The van der Waals surface area contributed by atoms with Crippen LogP contribution in [0.15, 0.2) is 29.1 Å². The summed E-state index contributed by atoms with van der Waals surface area (Å²) in [5.74, 6) is 0.878. The lowest BCUT2D eigenvalue weighted by Crippen LogP contribution is -2.28. The van der Waals surface area contributed by atoms with E-state index in [1.807, 2.05) is 45.0 Å². The molecule has 0 spiro atoms. The number of thiophene rings is 1. The van der Waals surface area contributed by atoms with Crippen molar-refractivity contribution < 1.29 is 14.3 Å². The maximum Gasteiger partial charge on any atom is 0.326 e. The smallest absolute Gasteiger partial charge is 0.326 e. The molecule has 154 valence electrons. The van der Waals surface area contributed by atoms with Crippen LogP contribution in [0.3, 0.4) is 0 Å². The molecule has 1 aromatic carbocycles. The zero-order chi connectivity index (χ0) is 21.0. The van der Waals surface area contributed by atoms with Crippen molar-refractivity contribution in [3.63, 3.8) is 0 Å². The summed E-state index contributed by atoms with van der Waals surface area (Å²) in [5, 5.41) is 0.545. The number of ether oxygens (including phenoxy) is 2. The van der Waals surface area contributed by atoms with Gasteiger partial charge in [0, 0.05) is 10.4 Å². The lowest BCUT2D eigenvalue weighted by atomic mass is 10.0. The minimum absolute atomic E-state index is 0.130. The fourth-order valence-corrected chi connectivity index (χ4v) is 4.30. The van der Waals surface area contributed by atoms with E-state index in [1.54, 1.807) is 6.92 Å². The number of fused-ring (bicyclic) bond motifs is 1. The first-order valence-electron chi connectivity index (χ1n) is 9.85. The maximum atomic E-state index is 13.3. The third-order valence-electron chi connectivity index (χ3n) is 4.68. The molecule has 2 heterocycles. The van der Waals surface area contributed by atoms with Gasteiger partial charge in [-0.25, -0.2) is 4.98 Å². The summed E-state index contributed by atoms with van der Waals surface area (Å²) in [6.07, 6.45) is 1.75. The summed E-state index contributed by atoms with van der Waals surface area (Å²) in [6.45, 7) is 8.53. The number of esters is 1. The maximum absolute atomic E-state index is 13.3. The predicted molar refractivity (Wildman–Crippen MR) is 116 cm³/mol. The zero-order valence-corrected chi connectivity index (χ0v) is 18.1. The van der Waals surface area contributed by atoms with Crippen LogP contribution in [0.25, 0.3) is 21.3 Å². The molecular formula is C22H26N2O4S. The van der Waals surface area contributed by atoms with Gasteiger partial charge in [0.25, 0.3) is 5.56 Å². The van der Waals surface area contributed by atoms with Gasteiger partial charge in [-0.05, 0) is 44.9 Å². The first-order valence-corrected chi connectivity index (χ1v) is 10.7. The van der Waals surface area contributed by atoms with Crippen LogP contribution in [0.2, 0.25) is 0 Å². The topological polar surface area (TPSA) is 70.4 Å². The monoisotopic (exact) mass is 414 g/mol. The van der Waals surface area contributed by atoms with Crippen molar-refractivity contribution in [3.8, 4) is 16.9 Å². The second-order valence-corrected chi connectivity index (χ2v) is 8.00. The molecular weight excluding hydrogens is 388 g/mol. The summed E-state index contributed by atoms with van der Waals surface area (Å²) >= 11 is 1.49. The van der Waals surface area contributed by atoms with Crippen LogP contribution in [0.4, 0.5) is 0 Å². The second kappa shape index (κ2) is 9.22. The molecule has 0 bridgehead atoms. The van der Waals surface area contributed by atoms with Crippen molar-refractivity contribution in [1.82, 2.24) is 9.55 Å². The van der Waals surface area contributed by atoms with E-state index in [4.69, 9.17) is 9.47 Å². The fraction of sp³-hybridized carbons (Fsp3) is 0.409. The predicted octanol–water partition coefficient (Wildman–Crippen LogP) is 4.48. The molecule has 0 atom stereocenters. The van der Waals surface area contributed by atoms with E-state index in [1.165, 1.54) is 15.9 Å². The standard InChI is InChI=1S/C22H26N2O4S/c1-5-7-12-28-18(25)13-24-15(4)23-21-20(22(24)26)19(14(3)29-21)16-8-10-17(11-9-16)27-6-2/h8-11H,5-7,12-13H2,1-4H3. The van der Waals surface area contributed by atoms with Gasteiger partial charge >= 0.3 is 5.97 Å². The Morgan fingerprint density at radius 2 is 1.90 bits per heavy atom. The number of aromatic nitrogens is 2. The van der Waals surface area contributed by atoms with Crippen molar-refractivity contribution in [2.75, 3.05) is 13.2 Å². The summed E-state index contributed by atoms with van der Waals surface area (Å²) in [7, 11) is 0. The summed E-state index contributed by atoms with van der Waals surface area (Å²) in [5.41, 5.74) is 1.57. The molecule has 0 aliphatic heterocycles. The fourth-order valence-electron chi connectivity index (χ4n) is 3.22. The number of carbonyl (C=O) groups excluding carboxylic acids is 1. The highest BCUT2D eigenvalue weighted by Crippen LogP contribution is 2.36. The van der Waals surface area contributed by atoms with E-state index >= 15 is 0 Å². The highest BCUT2D eigenvalue weighted by Gasteiger charge is 2.20. The van der Waals surface area contributed by atoms with Gasteiger partial charge in [0.1, 0.15) is 22.9 Å². The highest BCUT2D eigenvalue weighted by atomic mass is 32.1. The van der Waals surface area contributed by atoms with Gasteiger partial charge in [-0.1, -0.05) is 25.5 Å². The van der Waals surface area contributed by atoms with Crippen molar-refractivity contribution in [3.05, 3.63) is 45.3 Å². The van der Waals surface area contributed by atoms with E-state index in [0.717, 1.165) is 34.6 Å². The van der Waals surface area contributed by atoms with E-state index < -0.39 is 5.97 Å². The Labute approximate surface area is 174 Å². The van der Waals surface area contributed by atoms with Gasteiger partial charge in [0.05, 0.1) is 18.6 Å². The number of aryl methyl sites for hydroxylation is 2. The van der Waals surface area contributed by atoms with Crippen molar-refractivity contribution >= 4 is 27.5 Å². The van der Waals surface area contributed by atoms with Gasteiger partial charge in [-0.3, -0.25) is 14.2 Å². The Morgan fingerprint density at radius 3 is 2.55 bits per heavy atom. The Kier molecular flexibility index (Phi) is 6.69. The Bertz CT molecular complexity index is 1070. The molecule has 2 aromatic heterocycles. The van der Waals surface area contributed by atoms with E-state index in [-0.39, 0.29) is 12.1 Å². The second-order valence-electron chi connectivity index (χ2n) is 6.80. The SMILES string of the molecule is CCCCOC(=O)Cn1c(C)nc2sc(C)c(-c3ccc(OCC)cc3)c2c1=O. The molecule has 0 N–H and O–H groups in total. The van der Waals surface area contributed by atoms with Gasteiger partial charge < -0.3 is 9.47 Å². The van der Waals surface area contributed by atoms with Crippen LogP contribution in [-0.2, 0) is 16.1 Å². The molecule has 29 heavy (non-hydrogen) atoms.